The van der Waals surface area contributed by atoms with Gasteiger partial charge in [-0.1, -0.05) is 63.0 Å². The van der Waals surface area contributed by atoms with Gasteiger partial charge in [0.25, 0.3) is 0 Å². The van der Waals surface area contributed by atoms with E-state index >= 15 is 0 Å². The lowest BCUT2D eigenvalue weighted by atomic mass is 10.1. The van der Waals surface area contributed by atoms with Crippen molar-refractivity contribution in [3.8, 4) is 0 Å². The third kappa shape index (κ3) is 11.8. The van der Waals surface area contributed by atoms with Crippen molar-refractivity contribution in [2.24, 2.45) is 0 Å². The molecule has 4 heteroatoms. The Balaban J connectivity index is 2.00. The predicted octanol–water partition coefficient (Wildman–Crippen LogP) is 5.39. The predicted molar refractivity (Wildman–Crippen MR) is 105 cm³/mol. The number of carbonyl (C=O) groups excluding carboxylic acids is 1. The monoisotopic (exact) mass is 362 g/mol. The number of carboxylic acid groups (broad SMARTS) is 1. The summed E-state index contributed by atoms with van der Waals surface area (Å²) in [6.07, 6.45) is 22.2. The molecule has 0 amide bonds. The van der Waals surface area contributed by atoms with E-state index in [0.717, 1.165) is 38.5 Å². The zero-order chi connectivity index (χ0) is 19.0. The van der Waals surface area contributed by atoms with Gasteiger partial charge >= 0.3 is 5.97 Å². The first kappa shape index (κ1) is 22.4. The SMILES string of the molecule is CCCCC/C=C\C/C=C\C/C=C\C(=O)C1OC1CCCCCC(=O)O. The Morgan fingerprint density at radius 3 is 2.38 bits per heavy atom. The van der Waals surface area contributed by atoms with Crippen LogP contribution in [0.1, 0.15) is 77.6 Å². The van der Waals surface area contributed by atoms with Crippen LogP contribution in [0, 0.1) is 0 Å². The van der Waals surface area contributed by atoms with E-state index < -0.39 is 5.97 Å². The fourth-order valence-electron chi connectivity index (χ4n) is 2.77. The van der Waals surface area contributed by atoms with Crippen molar-refractivity contribution in [2.75, 3.05) is 0 Å². The average molecular weight is 363 g/mol. The van der Waals surface area contributed by atoms with Crippen molar-refractivity contribution in [2.45, 2.75) is 89.8 Å². The van der Waals surface area contributed by atoms with E-state index in [1.54, 1.807) is 6.08 Å². The highest BCUT2D eigenvalue weighted by molar-refractivity contribution is 5.95. The quantitative estimate of drug-likeness (QED) is 0.173. The number of ketones is 1. The largest absolute Gasteiger partial charge is 0.481 e. The van der Waals surface area contributed by atoms with Crippen LogP contribution in [0.4, 0.5) is 0 Å². The third-order valence-electron chi connectivity index (χ3n) is 4.38. The smallest absolute Gasteiger partial charge is 0.303 e. The number of allylic oxidation sites excluding steroid dienone is 5. The maximum absolute atomic E-state index is 11.9. The highest BCUT2D eigenvalue weighted by Gasteiger charge is 2.42. The van der Waals surface area contributed by atoms with E-state index in [9.17, 15) is 9.59 Å². The summed E-state index contributed by atoms with van der Waals surface area (Å²) in [6.45, 7) is 2.21. The van der Waals surface area contributed by atoms with Gasteiger partial charge in [-0.15, -0.1) is 0 Å². The molecule has 2 atom stereocenters. The Morgan fingerprint density at radius 1 is 0.923 bits per heavy atom. The van der Waals surface area contributed by atoms with Crippen molar-refractivity contribution >= 4 is 11.8 Å². The van der Waals surface area contributed by atoms with Crippen molar-refractivity contribution in [1.82, 2.24) is 0 Å². The molecule has 0 aromatic carbocycles. The summed E-state index contributed by atoms with van der Waals surface area (Å²) in [5, 5.41) is 8.57. The fourth-order valence-corrected chi connectivity index (χ4v) is 2.77. The summed E-state index contributed by atoms with van der Waals surface area (Å²) < 4.78 is 5.41. The Bertz CT molecular complexity index is 490. The molecule has 1 N–H and O–H groups in total. The first-order valence-electron chi connectivity index (χ1n) is 10.0. The van der Waals surface area contributed by atoms with Crippen LogP contribution in [-0.4, -0.2) is 29.1 Å². The van der Waals surface area contributed by atoms with Gasteiger partial charge in [-0.25, -0.2) is 0 Å². The minimum atomic E-state index is -0.747. The van der Waals surface area contributed by atoms with Gasteiger partial charge in [0.1, 0.15) is 6.10 Å². The molecule has 4 nitrogen and oxygen atoms in total. The van der Waals surface area contributed by atoms with E-state index in [1.165, 1.54) is 19.3 Å². The van der Waals surface area contributed by atoms with Gasteiger partial charge in [-0.05, 0) is 44.6 Å². The van der Waals surface area contributed by atoms with Gasteiger partial charge in [0, 0.05) is 6.42 Å². The van der Waals surface area contributed by atoms with E-state index in [1.807, 2.05) is 6.08 Å². The topological polar surface area (TPSA) is 66.9 Å². The summed E-state index contributed by atoms with van der Waals surface area (Å²) in [4.78, 5) is 22.3. The van der Waals surface area contributed by atoms with Crippen molar-refractivity contribution in [1.29, 1.82) is 0 Å². The number of ether oxygens (including phenoxy) is 1. The lowest BCUT2D eigenvalue weighted by Gasteiger charge is -1.96. The molecule has 1 aliphatic rings. The van der Waals surface area contributed by atoms with Crippen LogP contribution in [-0.2, 0) is 14.3 Å². The second kappa shape index (κ2) is 14.5. The highest BCUT2D eigenvalue weighted by atomic mass is 16.6. The Labute approximate surface area is 158 Å². The first-order valence-corrected chi connectivity index (χ1v) is 10.0. The van der Waals surface area contributed by atoms with Gasteiger partial charge in [0.2, 0.25) is 0 Å². The number of aliphatic carboxylic acids is 1. The Kier molecular flexibility index (Phi) is 12.5. The normalized spacial score (nSPS) is 19.7. The van der Waals surface area contributed by atoms with E-state index in [4.69, 9.17) is 9.84 Å². The number of unbranched alkanes of at least 4 members (excludes halogenated alkanes) is 5. The van der Waals surface area contributed by atoms with Crippen LogP contribution in [0.5, 0.6) is 0 Å². The zero-order valence-electron chi connectivity index (χ0n) is 16.1. The molecular formula is C22H34O4. The Morgan fingerprint density at radius 2 is 1.65 bits per heavy atom. The van der Waals surface area contributed by atoms with Crippen LogP contribution < -0.4 is 0 Å². The van der Waals surface area contributed by atoms with Crippen LogP contribution in [0.25, 0.3) is 0 Å². The molecule has 1 rings (SSSR count). The molecule has 0 aromatic heterocycles. The molecule has 1 heterocycles. The van der Waals surface area contributed by atoms with E-state index in [0.29, 0.717) is 6.42 Å². The molecule has 0 aromatic rings. The second-order valence-electron chi connectivity index (χ2n) is 6.80. The molecule has 0 aliphatic carbocycles. The van der Waals surface area contributed by atoms with E-state index in [-0.39, 0.29) is 24.4 Å². The molecule has 1 aliphatic heterocycles. The van der Waals surface area contributed by atoms with Gasteiger partial charge in [-0.2, -0.15) is 0 Å². The van der Waals surface area contributed by atoms with Crippen molar-refractivity contribution in [3.05, 3.63) is 36.5 Å². The summed E-state index contributed by atoms with van der Waals surface area (Å²) in [7, 11) is 0. The van der Waals surface area contributed by atoms with Crippen LogP contribution in [0.2, 0.25) is 0 Å². The molecule has 146 valence electrons. The Hall–Kier alpha value is -1.68. The second-order valence-corrected chi connectivity index (χ2v) is 6.80. The fraction of sp³-hybridized carbons (Fsp3) is 0.636. The summed E-state index contributed by atoms with van der Waals surface area (Å²) in [6, 6.07) is 0. The van der Waals surface area contributed by atoms with Gasteiger partial charge in [0.15, 0.2) is 5.78 Å². The number of carboxylic acids is 1. The highest BCUT2D eigenvalue weighted by Crippen LogP contribution is 2.28. The van der Waals surface area contributed by atoms with Crippen LogP contribution >= 0.6 is 0 Å². The van der Waals surface area contributed by atoms with Crippen molar-refractivity contribution in [3.63, 3.8) is 0 Å². The van der Waals surface area contributed by atoms with Gasteiger partial charge in [0.05, 0.1) is 6.10 Å². The average Bonchev–Trinajstić information content (AvgIpc) is 3.38. The number of hydrogen-bond acceptors (Lipinski definition) is 3. The summed E-state index contributed by atoms with van der Waals surface area (Å²) in [5.74, 6) is -0.701. The van der Waals surface area contributed by atoms with Crippen LogP contribution in [0.15, 0.2) is 36.5 Å². The minimum absolute atomic E-state index is 0.0327. The molecule has 1 saturated heterocycles. The molecule has 0 radical (unpaired) electrons. The van der Waals surface area contributed by atoms with Crippen LogP contribution in [0.3, 0.4) is 0 Å². The maximum Gasteiger partial charge on any atom is 0.303 e. The van der Waals surface area contributed by atoms with E-state index in [2.05, 4.69) is 31.2 Å². The number of carbonyl (C=O) groups is 2. The lowest BCUT2D eigenvalue weighted by molar-refractivity contribution is -0.137. The molecule has 2 unspecified atom stereocenters. The standard InChI is InChI=1S/C22H34O4/c1-2-3-4-5-6-7-8-9-10-11-13-16-19(23)22-20(26-22)17-14-12-15-18-21(24)25/h6-7,9-10,13,16,20,22H,2-5,8,11-12,14-15,17-18H2,1H3,(H,24,25)/b7-6-,10-9-,16-13-. The minimum Gasteiger partial charge on any atom is -0.481 e. The number of rotatable bonds is 16. The molecule has 26 heavy (non-hydrogen) atoms. The molecule has 0 bridgehead atoms. The molecule has 0 spiro atoms. The summed E-state index contributed by atoms with van der Waals surface area (Å²) in [5.41, 5.74) is 0. The third-order valence-corrected chi connectivity index (χ3v) is 4.38. The van der Waals surface area contributed by atoms with Gasteiger partial charge < -0.3 is 9.84 Å². The van der Waals surface area contributed by atoms with Gasteiger partial charge in [-0.3, -0.25) is 9.59 Å². The zero-order valence-corrected chi connectivity index (χ0v) is 16.1. The van der Waals surface area contributed by atoms with Crippen molar-refractivity contribution < 1.29 is 19.4 Å². The molecule has 1 fully saturated rings. The maximum atomic E-state index is 11.9. The number of hydrogen-bond donors (Lipinski definition) is 1. The summed E-state index contributed by atoms with van der Waals surface area (Å²) >= 11 is 0. The molecule has 0 saturated carbocycles. The number of epoxide rings is 1. The molecular weight excluding hydrogens is 328 g/mol. The first-order chi connectivity index (χ1) is 12.6. The lowest BCUT2D eigenvalue weighted by Crippen LogP contribution is -2.06.